The molecule has 0 aromatic heterocycles. The van der Waals surface area contributed by atoms with Crippen LogP contribution < -0.4 is 29.6 Å². The molecule has 9 heteroatoms. The van der Waals surface area contributed by atoms with E-state index < -0.39 is 27.9 Å². The van der Waals surface area contributed by atoms with Gasteiger partial charge in [0.15, 0.2) is 0 Å². The molecule has 1 unspecified atom stereocenters. The third-order valence-corrected chi connectivity index (χ3v) is 3.07. The number of hydrogen-bond donors (Lipinski definition) is 0. The molecule has 0 saturated heterocycles. The van der Waals surface area contributed by atoms with E-state index in [0.717, 1.165) is 18.9 Å². The van der Waals surface area contributed by atoms with Crippen LogP contribution in [0.2, 0.25) is 0 Å². The molecule has 0 rings (SSSR count). The van der Waals surface area contributed by atoms with E-state index in [1.807, 2.05) is 0 Å². The second kappa shape index (κ2) is 15.8. The first-order valence-electron chi connectivity index (χ1n) is 7.12. The van der Waals surface area contributed by atoms with Gasteiger partial charge in [-0.15, -0.1) is 0 Å². The Kier molecular flexibility index (Phi) is 18.6. The van der Waals surface area contributed by atoms with Crippen LogP contribution in [0.15, 0.2) is 24.8 Å². The Labute approximate surface area is 166 Å². The van der Waals surface area contributed by atoms with Crippen molar-refractivity contribution in [3.8, 4) is 0 Å². The Balaban J connectivity index is -0.000000364. The average molecular weight is 372 g/mol. The summed E-state index contributed by atoms with van der Waals surface area (Å²) >= 11 is 0. The van der Waals surface area contributed by atoms with Gasteiger partial charge in [-0.25, -0.2) is 18.0 Å². The summed E-state index contributed by atoms with van der Waals surface area (Å²) in [6.07, 6.45) is 2.37. The Morgan fingerprint density at radius 2 is 1.88 bits per heavy atom. The summed E-state index contributed by atoms with van der Waals surface area (Å²) in [6.45, 7) is 12.3. The molecule has 0 aliphatic heterocycles. The molecule has 0 radical (unpaired) electrons. The zero-order valence-corrected chi connectivity index (χ0v) is 17.7. The van der Waals surface area contributed by atoms with Crippen molar-refractivity contribution in [2.45, 2.75) is 46.1 Å². The quantitative estimate of drug-likeness (QED) is 0.167. The van der Waals surface area contributed by atoms with Gasteiger partial charge in [0.05, 0.1) is 16.7 Å². The summed E-state index contributed by atoms with van der Waals surface area (Å²) in [6, 6.07) is 0. The van der Waals surface area contributed by atoms with Gasteiger partial charge in [0.2, 0.25) is 0 Å². The maximum atomic E-state index is 10.7. The maximum Gasteiger partial charge on any atom is 1.00 e. The van der Waals surface area contributed by atoms with E-state index in [-0.39, 0.29) is 41.9 Å². The largest absolute Gasteiger partial charge is 1.00 e. The number of carbonyl (C=O) groups is 2. The van der Waals surface area contributed by atoms with Crippen LogP contribution in [0.5, 0.6) is 0 Å². The summed E-state index contributed by atoms with van der Waals surface area (Å²) in [7, 11) is -4.23. The minimum Gasteiger partial charge on any atom is -0.748 e. The van der Waals surface area contributed by atoms with E-state index >= 15 is 0 Å². The van der Waals surface area contributed by atoms with Crippen molar-refractivity contribution in [1.82, 2.24) is 0 Å². The number of unbranched alkanes of at least 4 members (excludes halogenated alkanes) is 1. The molecule has 0 fully saturated rings. The summed E-state index contributed by atoms with van der Waals surface area (Å²) in [5, 5.41) is 0. The predicted molar refractivity (Wildman–Crippen MR) is 85.6 cm³/mol. The van der Waals surface area contributed by atoms with Crippen LogP contribution in [0.4, 0.5) is 0 Å². The molecule has 24 heavy (non-hydrogen) atoms. The van der Waals surface area contributed by atoms with E-state index in [1.54, 1.807) is 6.92 Å². The van der Waals surface area contributed by atoms with Crippen LogP contribution in [0.1, 0.15) is 40.0 Å². The second-order valence-electron chi connectivity index (χ2n) is 4.77. The molecular weight excluding hydrogens is 347 g/mol. The van der Waals surface area contributed by atoms with Crippen molar-refractivity contribution < 1.29 is 61.6 Å². The summed E-state index contributed by atoms with van der Waals surface area (Å²) < 4.78 is 40.0. The molecule has 0 aliphatic carbocycles. The number of carbonyl (C=O) groups excluding carboxylic acids is 2. The fourth-order valence-corrected chi connectivity index (χ4v) is 1.67. The van der Waals surface area contributed by atoms with E-state index in [0.29, 0.717) is 12.2 Å². The van der Waals surface area contributed by atoms with Crippen LogP contribution in [-0.2, 0) is 29.2 Å². The third kappa shape index (κ3) is 21.3. The molecule has 0 aliphatic rings. The zero-order chi connectivity index (χ0) is 18.5. The van der Waals surface area contributed by atoms with Crippen molar-refractivity contribution in [2.75, 3.05) is 12.4 Å². The number of esters is 2. The van der Waals surface area contributed by atoms with Crippen LogP contribution in [0.3, 0.4) is 0 Å². The molecule has 7 nitrogen and oxygen atoms in total. The Bertz CT molecular complexity index is 500. The summed E-state index contributed by atoms with van der Waals surface area (Å²) in [4.78, 5) is 21.3. The monoisotopic (exact) mass is 372 g/mol. The molecule has 0 saturated carbocycles. The number of rotatable bonds is 9. The first-order valence-corrected chi connectivity index (χ1v) is 8.70. The molecule has 0 N–H and O–H groups in total. The molecule has 1 atom stereocenters. The van der Waals surface area contributed by atoms with Gasteiger partial charge in [-0.1, -0.05) is 26.5 Å². The molecule has 0 spiro atoms. The van der Waals surface area contributed by atoms with Gasteiger partial charge in [-0.05, 0) is 26.7 Å². The summed E-state index contributed by atoms with van der Waals surface area (Å²) in [5.74, 6) is -1.44. The zero-order valence-electron chi connectivity index (χ0n) is 14.9. The van der Waals surface area contributed by atoms with Gasteiger partial charge in [0.25, 0.3) is 0 Å². The van der Waals surface area contributed by atoms with Crippen LogP contribution in [0, 0.1) is 0 Å². The fourth-order valence-electron chi connectivity index (χ4n) is 1.05. The first-order chi connectivity index (χ1) is 10.5. The molecular formula is C15H25NaO7S. The van der Waals surface area contributed by atoms with Crippen molar-refractivity contribution in [1.29, 1.82) is 0 Å². The number of ether oxygens (including phenoxy) is 2. The van der Waals surface area contributed by atoms with Gasteiger partial charge < -0.3 is 14.0 Å². The smallest absolute Gasteiger partial charge is 0.748 e. The SMILES string of the molecule is C=C(C)C(=O)OCCCC.C=CC(=O)OC(C)CCS(=O)(=O)[O-].[Na+]. The van der Waals surface area contributed by atoms with Crippen LogP contribution >= 0.6 is 0 Å². The minimum atomic E-state index is -4.23. The topological polar surface area (TPSA) is 110 Å². The third-order valence-electron chi connectivity index (χ3n) is 2.34. The van der Waals surface area contributed by atoms with Gasteiger partial charge in [0, 0.05) is 17.4 Å². The average Bonchev–Trinajstić information content (AvgIpc) is 2.45. The molecule has 0 amide bonds. The standard InChI is InChI=1S/C8H14O2.C7H12O5S.Na/c1-4-5-6-10-8(9)7(2)3;1-3-7(8)12-6(2)4-5-13(9,10)11;/h2,4-6H2,1,3H3;3,6H,1,4-5H2,2H3,(H,9,10,11);/q;;+1/p-1. The van der Waals surface area contributed by atoms with E-state index in [1.165, 1.54) is 6.92 Å². The van der Waals surface area contributed by atoms with E-state index in [2.05, 4.69) is 24.8 Å². The van der Waals surface area contributed by atoms with Crippen molar-refractivity contribution in [3.05, 3.63) is 24.8 Å². The van der Waals surface area contributed by atoms with Gasteiger partial charge in [0.1, 0.15) is 6.10 Å². The number of hydrogen-bond acceptors (Lipinski definition) is 7. The Morgan fingerprint density at radius 1 is 1.33 bits per heavy atom. The van der Waals surface area contributed by atoms with Gasteiger partial charge in [-0.2, -0.15) is 0 Å². The predicted octanol–water partition coefficient (Wildman–Crippen LogP) is -1.05. The van der Waals surface area contributed by atoms with E-state index in [9.17, 15) is 22.6 Å². The fraction of sp³-hybridized carbons (Fsp3) is 0.600. The minimum absolute atomic E-state index is 0. The Hall–Kier alpha value is -0.670. The van der Waals surface area contributed by atoms with Gasteiger partial charge >= 0.3 is 41.5 Å². The molecule has 0 aromatic carbocycles. The molecule has 0 aromatic rings. The molecule has 0 bridgehead atoms. The molecule has 0 heterocycles. The van der Waals surface area contributed by atoms with E-state index in [4.69, 9.17) is 4.74 Å². The first kappa shape index (κ1) is 28.1. The summed E-state index contributed by atoms with van der Waals surface area (Å²) in [5.41, 5.74) is 0.469. The van der Waals surface area contributed by atoms with Gasteiger partial charge in [-0.3, -0.25) is 0 Å². The van der Waals surface area contributed by atoms with Crippen LogP contribution in [0.25, 0.3) is 0 Å². The Morgan fingerprint density at radius 3 is 2.25 bits per heavy atom. The van der Waals surface area contributed by atoms with Crippen molar-refractivity contribution in [3.63, 3.8) is 0 Å². The van der Waals surface area contributed by atoms with Crippen LogP contribution in [-0.4, -0.2) is 43.4 Å². The van der Waals surface area contributed by atoms with Crippen molar-refractivity contribution >= 4 is 22.1 Å². The normalized spacial score (nSPS) is 11.0. The molecule has 134 valence electrons. The van der Waals surface area contributed by atoms with Crippen molar-refractivity contribution in [2.24, 2.45) is 0 Å². The second-order valence-corrected chi connectivity index (χ2v) is 6.30. The maximum absolute atomic E-state index is 10.7.